The summed E-state index contributed by atoms with van der Waals surface area (Å²) in [5.41, 5.74) is 3.25. The van der Waals surface area contributed by atoms with E-state index in [1.54, 1.807) is 6.07 Å². The molecular weight excluding hydrogens is 457 g/mol. The Hall–Kier alpha value is -3.36. The molecule has 0 amide bonds. The van der Waals surface area contributed by atoms with Gasteiger partial charge in [0, 0.05) is 55.1 Å². The maximum absolute atomic E-state index is 12.9. The second kappa shape index (κ2) is 7.32. The highest BCUT2D eigenvalue weighted by Crippen LogP contribution is 2.65. The van der Waals surface area contributed by atoms with Crippen LogP contribution in [-0.4, -0.2) is 50.9 Å². The maximum Gasteiger partial charge on any atom is 0.573 e. The third-order valence-corrected chi connectivity index (χ3v) is 7.49. The van der Waals surface area contributed by atoms with Gasteiger partial charge in [-0.3, -0.25) is 0 Å². The summed E-state index contributed by atoms with van der Waals surface area (Å²) in [5.74, 6) is 0.665. The van der Waals surface area contributed by atoms with Crippen molar-refractivity contribution < 1.29 is 22.6 Å². The number of halogens is 3. The summed E-state index contributed by atoms with van der Waals surface area (Å²) in [6.45, 7) is 8.44. The van der Waals surface area contributed by atoms with Crippen LogP contribution < -0.4 is 9.47 Å². The molecule has 1 fully saturated rings. The molecule has 1 aromatic heterocycles. The lowest BCUT2D eigenvalue weighted by molar-refractivity contribution is -0.274. The predicted octanol–water partition coefficient (Wildman–Crippen LogP) is 5.05. The second-order valence-corrected chi connectivity index (χ2v) is 10.4. The Morgan fingerprint density at radius 3 is 2.69 bits per heavy atom. The Balaban J connectivity index is 1.27. The van der Waals surface area contributed by atoms with E-state index in [1.807, 2.05) is 24.0 Å². The Morgan fingerprint density at radius 1 is 1.14 bits per heavy atom. The van der Waals surface area contributed by atoms with E-state index in [0.717, 1.165) is 48.7 Å². The van der Waals surface area contributed by atoms with Crippen molar-refractivity contribution >= 4 is 5.70 Å². The molecule has 0 unspecified atom stereocenters. The molecule has 0 bridgehead atoms. The number of rotatable bonds is 4. The Morgan fingerprint density at radius 2 is 1.94 bits per heavy atom. The lowest BCUT2D eigenvalue weighted by Crippen LogP contribution is -2.45. The van der Waals surface area contributed by atoms with Crippen molar-refractivity contribution in [1.82, 2.24) is 19.4 Å². The molecule has 0 radical (unpaired) electrons. The monoisotopic (exact) mass is 484 g/mol. The predicted molar refractivity (Wildman–Crippen MR) is 124 cm³/mol. The first kappa shape index (κ1) is 22.1. The highest BCUT2D eigenvalue weighted by Gasteiger charge is 2.66. The van der Waals surface area contributed by atoms with E-state index in [2.05, 4.69) is 57.9 Å². The molecule has 1 saturated carbocycles. The zero-order chi connectivity index (χ0) is 24.6. The molecule has 35 heavy (non-hydrogen) atoms. The number of benzene rings is 1. The topological polar surface area (TPSA) is 42.8 Å². The average Bonchev–Trinajstić information content (AvgIpc) is 3.38. The summed E-state index contributed by atoms with van der Waals surface area (Å²) in [5, 5.41) is 0. The number of ether oxygens (including phenoxy) is 2. The van der Waals surface area contributed by atoms with Gasteiger partial charge in [0.25, 0.3) is 0 Å². The van der Waals surface area contributed by atoms with Crippen LogP contribution in [0.25, 0.3) is 5.70 Å². The van der Waals surface area contributed by atoms with E-state index < -0.39 is 6.36 Å². The molecule has 2 aromatic rings. The van der Waals surface area contributed by atoms with Gasteiger partial charge in [0.15, 0.2) is 0 Å². The van der Waals surface area contributed by atoms with Crippen molar-refractivity contribution in [3.8, 4) is 11.5 Å². The van der Waals surface area contributed by atoms with Gasteiger partial charge in [0.2, 0.25) is 0 Å². The van der Waals surface area contributed by atoms with E-state index in [4.69, 9.17) is 4.74 Å². The summed E-state index contributed by atoms with van der Waals surface area (Å²) in [7, 11) is 0. The van der Waals surface area contributed by atoms with Crippen molar-refractivity contribution in [2.75, 3.05) is 19.6 Å². The number of hydrogen-bond donors (Lipinski definition) is 0. The molecule has 6 rings (SSSR count). The first-order chi connectivity index (χ1) is 16.5. The van der Waals surface area contributed by atoms with Crippen molar-refractivity contribution in [2.24, 2.45) is 5.92 Å². The van der Waals surface area contributed by atoms with Crippen LogP contribution >= 0.6 is 0 Å². The van der Waals surface area contributed by atoms with Crippen LogP contribution in [0, 0.1) is 12.8 Å². The molecule has 184 valence electrons. The zero-order valence-corrected chi connectivity index (χ0v) is 19.8. The minimum atomic E-state index is -4.73. The summed E-state index contributed by atoms with van der Waals surface area (Å²) in [4.78, 5) is 8.82. The quantitative estimate of drug-likeness (QED) is 0.608. The molecule has 2 atom stereocenters. The number of allylic oxidation sites excluding steroid dienone is 3. The number of aryl methyl sites for hydroxylation is 1. The minimum absolute atomic E-state index is 0.199. The maximum atomic E-state index is 12.9. The van der Waals surface area contributed by atoms with Gasteiger partial charge in [-0.05, 0) is 57.5 Å². The van der Waals surface area contributed by atoms with Gasteiger partial charge >= 0.3 is 6.36 Å². The van der Waals surface area contributed by atoms with Crippen LogP contribution in [0.4, 0.5) is 13.2 Å². The summed E-state index contributed by atoms with van der Waals surface area (Å²) < 4.78 is 51.1. The first-order valence-electron chi connectivity index (χ1n) is 11.8. The summed E-state index contributed by atoms with van der Waals surface area (Å²) in [6, 6.07) is 4.46. The van der Waals surface area contributed by atoms with E-state index in [0.29, 0.717) is 5.75 Å². The molecule has 3 aliphatic heterocycles. The van der Waals surface area contributed by atoms with E-state index in [-0.39, 0.29) is 22.7 Å². The Labute approximate surface area is 201 Å². The van der Waals surface area contributed by atoms with Gasteiger partial charge in [-0.1, -0.05) is 0 Å². The number of nitrogens with zero attached hydrogens (tertiary/aromatic N) is 4. The lowest BCUT2D eigenvalue weighted by Gasteiger charge is -2.41. The number of fused-ring (bicyclic) bond motifs is 4. The van der Waals surface area contributed by atoms with Gasteiger partial charge in [-0.25, -0.2) is 4.98 Å². The Bertz CT molecular complexity index is 1280. The SMILES string of the molecule is Cc1cn(C2=CN3CCN(C[C@]45C[C@H]4C(C)(C)Oc4ccc(OC(F)(F)F)cc45)C=C3C=C2)cn1. The molecule has 6 nitrogen and oxygen atoms in total. The van der Waals surface area contributed by atoms with Crippen LogP contribution in [0.1, 0.15) is 31.5 Å². The molecule has 1 aliphatic carbocycles. The van der Waals surface area contributed by atoms with Gasteiger partial charge in [0.1, 0.15) is 17.1 Å². The summed E-state index contributed by atoms with van der Waals surface area (Å²) in [6.07, 6.45) is 8.37. The smallest absolute Gasteiger partial charge is 0.487 e. The third kappa shape index (κ3) is 3.86. The molecule has 0 saturated heterocycles. The molecule has 0 spiro atoms. The minimum Gasteiger partial charge on any atom is -0.487 e. The van der Waals surface area contributed by atoms with Gasteiger partial charge in [0.05, 0.1) is 23.4 Å². The largest absolute Gasteiger partial charge is 0.573 e. The number of imidazole rings is 1. The van der Waals surface area contributed by atoms with E-state index >= 15 is 0 Å². The van der Waals surface area contributed by atoms with Crippen molar-refractivity contribution in [3.05, 3.63) is 72.2 Å². The fourth-order valence-electron chi connectivity index (χ4n) is 5.86. The van der Waals surface area contributed by atoms with E-state index in [1.165, 1.54) is 12.1 Å². The van der Waals surface area contributed by atoms with Crippen molar-refractivity contribution in [2.45, 2.75) is 44.6 Å². The van der Waals surface area contributed by atoms with Crippen LogP contribution in [0.2, 0.25) is 0 Å². The third-order valence-electron chi connectivity index (χ3n) is 7.49. The van der Waals surface area contributed by atoms with Crippen molar-refractivity contribution in [3.63, 3.8) is 0 Å². The molecule has 9 heteroatoms. The van der Waals surface area contributed by atoms with Gasteiger partial charge < -0.3 is 23.8 Å². The second-order valence-electron chi connectivity index (χ2n) is 10.4. The highest BCUT2D eigenvalue weighted by molar-refractivity contribution is 5.61. The normalized spacial score (nSPS) is 26.2. The first-order valence-corrected chi connectivity index (χ1v) is 11.8. The molecular formula is C26H27F3N4O2. The molecule has 4 heterocycles. The molecule has 1 aromatic carbocycles. The number of hydrogen-bond acceptors (Lipinski definition) is 5. The van der Waals surface area contributed by atoms with Gasteiger partial charge in [-0.15, -0.1) is 13.2 Å². The average molecular weight is 485 g/mol. The van der Waals surface area contributed by atoms with Crippen LogP contribution in [-0.2, 0) is 5.41 Å². The van der Waals surface area contributed by atoms with E-state index in [9.17, 15) is 13.2 Å². The lowest BCUT2D eigenvalue weighted by atomic mass is 9.83. The van der Waals surface area contributed by atoms with Crippen molar-refractivity contribution in [1.29, 1.82) is 0 Å². The number of aromatic nitrogens is 2. The van der Waals surface area contributed by atoms with Crippen LogP contribution in [0.5, 0.6) is 11.5 Å². The highest BCUT2D eigenvalue weighted by atomic mass is 19.4. The van der Waals surface area contributed by atoms with Crippen LogP contribution in [0.15, 0.2) is 61.0 Å². The zero-order valence-electron chi connectivity index (χ0n) is 19.8. The number of alkyl halides is 3. The fraction of sp³-hybridized carbons (Fsp3) is 0.423. The Kier molecular flexibility index (Phi) is 4.63. The van der Waals surface area contributed by atoms with Crippen LogP contribution in [0.3, 0.4) is 0 Å². The molecule has 4 aliphatic rings. The molecule has 0 N–H and O–H groups in total. The standard InChI is InChI=1S/C26H27F3N4O2/c1-17-12-33(16-30-17)19-5-4-18-13-31(8-9-32(18)14-19)15-25-11-23(25)24(2,3)35-22-7-6-20(10-21(22)25)34-26(27,28)29/h4-7,10,12-14,16,23H,8-9,11,15H2,1-3H3/t23-,25-/m0/s1. The fourth-order valence-corrected chi connectivity index (χ4v) is 5.86. The van der Waals surface area contributed by atoms with Gasteiger partial charge in [-0.2, -0.15) is 0 Å². The summed E-state index contributed by atoms with van der Waals surface area (Å²) >= 11 is 0.